The van der Waals surface area contributed by atoms with Crippen molar-refractivity contribution < 1.29 is 9.50 Å². The van der Waals surface area contributed by atoms with Gasteiger partial charge in [-0.15, -0.1) is 0 Å². The van der Waals surface area contributed by atoms with Crippen LogP contribution in [0.15, 0.2) is 30.5 Å². The summed E-state index contributed by atoms with van der Waals surface area (Å²) in [7, 11) is 0. The molecule has 1 saturated heterocycles. The van der Waals surface area contributed by atoms with Crippen molar-refractivity contribution in [3.63, 3.8) is 0 Å². The van der Waals surface area contributed by atoms with Crippen LogP contribution in [0.2, 0.25) is 0 Å². The molecule has 128 valence electrons. The highest BCUT2D eigenvalue weighted by Crippen LogP contribution is 2.48. The molecule has 1 aliphatic heterocycles. The topological polar surface area (TPSA) is 47.3 Å². The van der Waals surface area contributed by atoms with Crippen LogP contribution < -0.4 is 4.90 Å². The summed E-state index contributed by atoms with van der Waals surface area (Å²) in [5.74, 6) is 0.592. The zero-order valence-electron chi connectivity index (χ0n) is 14.1. The van der Waals surface area contributed by atoms with Crippen LogP contribution in [0.25, 0.3) is 0 Å². The summed E-state index contributed by atoms with van der Waals surface area (Å²) in [5, 5.41) is 18.6. The highest BCUT2D eigenvalue weighted by Gasteiger charge is 2.38. The van der Waals surface area contributed by atoms with Crippen LogP contribution in [0.5, 0.6) is 0 Å². The quantitative estimate of drug-likeness (QED) is 0.800. The van der Waals surface area contributed by atoms with Gasteiger partial charge in [-0.3, -0.25) is 0 Å². The Morgan fingerprint density at radius 2 is 1.96 bits per heavy atom. The zero-order valence-corrected chi connectivity index (χ0v) is 14.1. The van der Waals surface area contributed by atoms with Gasteiger partial charge in [0, 0.05) is 19.5 Å². The van der Waals surface area contributed by atoms with Gasteiger partial charge in [0.15, 0.2) is 0 Å². The predicted molar refractivity (Wildman–Crippen MR) is 93.3 cm³/mol. The fourth-order valence-corrected chi connectivity index (χ4v) is 4.41. The third kappa shape index (κ3) is 3.56. The van der Waals surface area contributed by atoms with Crippen LogP contribution in [0.1, 0.15) is 50.5 Å². The molecule has 2 fully saturated rings. The molecule has 1 aromatic rings. The molecule has 1 aromatic carbocycles. The van der Waals surface area contributed by atoms with Crippen molar-refractivity contribution in [3.8, 4) is 6.07 Å². The molecular weight excluding hydrogens is 303 g/mol. The second kappa shape index (κ2) is 6.84. The number of hydrogen-bond donors (Lipinski definition) is 1. The molecule has 2 aliphatic rings. The van der Waals surface area contributed by atoms with Gasteiger partial charge in [-0.1, -0.05) is 6.58 Å². The third-order valence-electron chi connectivity index (χ3n) is 5.94. The van der Waals surface area contributed by atoms with Gasteiger partial charge in [0.2, 0.25) is 0 Å². The molecule has 0 bridgehead atoms. The highest BCUT2D eigenvalue weighted by atomic mass is 19.1. The molecule has 1 spiro atoms. The summed E-state index contributed by atoms with van der Waals surface area (Å²) in [4.78, 5) is 2.16. The molecule has 0 aromatic heterocycles. The molecule has 3 rings (SSSR count). The number of nitriles is 1. The van der Waals surface area contributed by atoms with Crippen LogP contribution in [-0.4, -0.2) is 18.2 Å². The van der Waals surface area contributed by atoms with Crippen LogP contribution in [0, 0.1) is 28.5 Å². The van der Waals surface area contributed by atoms with Crippen molar-refractivity contribution in [1.29, 1.82) is 5.26 Å². The van der Waals surface area contributed by atoms with Gasteiger partial charge >= 0.3 is 0 Å². The summed E-state index contributed by atoms with van der Waals surface area (Å²) >= 11 is 0. The van der Waals surface area contributed by atoms with Crippen molar-refractivity contribution in [2.24, 2.45) is 11.3 Å². The van der Waals surface area contributed by atoms with Crippen molar-refractivity contribution in [2.75, 3.05) is 18.0 Å². The molecule has 0 amide bonds. The molecule has 1 heterocycles. The standard InChI is InChI=1S/C20H25FN2O/c1-15(24)12-16-4-6-20(7-5-16)8-10-23(11-9-20)19-13-18(21)3-2-17(19)14-22/h2-3,13,16,24H,1,4-12H2. The molecule has 0 unspecified atom stereocenters. The van der Waals surface area contributed by atoms with E-state index < -0.39 is 0 Å². The number of anilines is 1. The number of allylic oxidation sites excluding steroid dienone is 1. The van der Waals surface area contributed by atoms with Gasteiger partial charge in [-0.25, -0.2) is 4.39 Å². The number of nitrogens with zero attached hydrogens (tertiary/aromatic N) is 2. The predicted octanol–water partition coefficient (Wildman–Crippen LogP) is 4.94. The minimum absolute atomic E-state index is 0.283. The number of hydrogen-bond acceptors (Lipinski definition) is 3. The first-order valence-electron chi connectivity index (χ1n) is 8.83. The van der Waals surface area contributed by atoms with E-state index in [-0.39, 0.29) is 5.82 Å². The summed E-state index contributed by atoms with van der Waals surface area (Å²) in [6.45, 7) is 5.38. The van der Waals surface area contributed by atoms with Gasteiger partial charge in [0.1, 0.15) is 11.9 Å². The largest absolute Gasteiger partial charge is 0.513 e. The number of aliphatic hydroxyl groups excluding tert-OH is 1. The first kappa shape index (κ1) is 16.8. The van der Waals surface area contributed by atoms with Crippen molar-refractivity contribution in [1.82, 2.24) is 0 Å². The Balaban J connectivity index is 1.62. The fourth-order valence-electron chi connectivity index (χ4n) is 4.41. The lowest BCUT2D eigenvalue weighted by molar-refractivity contribution is 0.109. The molecular formula is C20H25FN2O. The van der Waals surface area contributed by atoms with Gasteiger partial charge in [-0.2, -0.15) is 5.26 Å². The number of rotatable bonds is 3. The average Bonchev–Trinajstić information content (AvgIpc) is 2.57. The lowest BCUT2D eigenvalue weighted by Gasteiger charge is -2.46. The maximum atomic E-state index is 13.6. The summed E-state index contributed by atoms with van der Waals surface area (Å²) in [6.07, 6.45) is 7.64. The van der Waals surface area contributed by atoms with E-state index in [9.17, 15) is 14.8 Å². The van der Waals surface area contributed by atoms with Crippen molar-refractivity contribution in [2.45, 2.75) is 44.9 Å². The Bertz CT molecular complexity index is 646. The maximum absolute atomic E-state index is 13.6. The zero-order chi connectivity index (χ0) is 17.2. The van der Waals surface area contributed by atoms with Crippen LogP contribution in [-0.2, 0) is 0 Å². The molecule has 0 radical (unpaired) electrons. The van der Waals surface area contributed by atoms with E-state index in [2.05, 4.69) is 17.5 Å². The number of benzene rings is 1. The van der Waals surface area contributed by atoms with Gasteiger partial charge < -0.3 is 10.0 Å². The highest BCUT2D eigenvalue weighted by molar-refractivity contribution is 5.59. The minimum Gasteiger partial charge on any atom is -0.513 e. The smallest absolute Gasteiger partial charge is 0.125 e. The number of piperidine rings is 1. The molecule has 0 atom stereocenters. The summed E-state index contributed by atoms with van der Waals surface area (Å²) < 4.78 is 13.6. The Kier molecular flexibility index (Phi) is 4.80. The Morgan fingerprint density at radius 3 is 2.54 bits per heavy atom. The van der Waals surface area contributed by atoms with E-state index in [1.165, 1.54) is 25.0 Å². The molecule has 4 heteroatoms. The Labute approximate surface area is 143 Å². The van der Waals surface area contributed by atoms with E-state index in [4.69, 9.17) is 0 Å². The first-order chi connectivity index (χ1) is 11.5. The van der Waals surface area contributed by atoms with Crippen molar-refractivity contribution >= 4 is 5.69 Å². The molecule has 1 aliphatic carbocycles. The van der Waals surface area contributed by atoms with Gasteiger partial charge in [0.05, 0.1) is 17.0 Å². The van der Waals surface area contributed by atoms with Crippen molar-refractivity contribution in [3.05, 3.63) is 41.9 Å². The maximum Gasteiger partial charge on any atom is 0.125 e. The molecule has 3 nitrogen and oxygen atoms in total. The van der Waals surface area contributed by atoms with Crippen LogP contribution >= 0.6 is 0 Å². The van der Waals surface area contributed by atoms with Gasteiger partial charge in [0.25, 0.3) is 0 Å². The summed E-state index contributed by atoms with van der Waals surface area (Å²) in [5.41, 5.74) is 1.68. The van der Waals surface area contributed by atoms with E-state index >= 15 is 0 Å². The monoisotopic (exact) mass is 328 g/mol. The fraction of sp³-hybridized carbons (Fsp3) is 0.550. The normalized spacial score (nSPS) is 20.8. The first-order valence-corrected chi connectivity index (χ1v) is 8.83. The molecule has 24 heavy (non-hydrogen) atoms. The molecule has 1 saturated carbocycles. The van der Waals surface area contributed by atoms with E-state index in [1.54, 1.807) is 6.07 Å². The minimum atomic E-state index is -0.283. The SMILES string of the molecule is C=C(O)CC1CCC2(CC1)CCN(c1cc(F)ccc1C#N)CC2. The second-order valence-electron chi connectivity index (χ2n) is 7.47. The van der Waals surface area contributed by atoms with E-state index in [0.717, 1.165) is 50.9 Å². The van der Waals surface area contributed by atoms with Gasteiger partial charge in [-0.05, 0) is 68.1 Å². The molecule has 1 N–H and O–H groups in total. The summed E-state index contributed by atoms with van der Waals surface area (Å²) in [6, 6.07) is 6.58. The van der Waals surface area contributed by atoms with Crippen LogP contribution in [0.4, 0.5) is 10.1 Å². The lowest BCUT2D eigenvalue weighted by atomic mass is 9.65. The second-order valence-corrected chi connectivity index (χ2v) is 7.47. The Morgan fingerprint density at radius 1 is 1.29 bits per heavy atom. The average molecular weight is 328 g/mol. The number of aliphatic hydroxyl groups is 1. The van der Waals surface area contributed by atoms with E-state index in [0.29, 0.717) is 22.7 Å². The lowest BCUT2D eigenvalue weighted by Crippen LogP contribution is -2.42. The third-order valence-corrected chi connectivity index (χ3v) is 5.94. The number of halogens is 1. The van der Waals surface area contributed by atoms with E-state index in [1.807, 2.05) is 0 Å². The Hall–Kier alpha value is -2.02. The van der Waals surface area contributed by atoms with Crippen LogP contribution in [0.3, 0.4) is 0 Å².